The third-order valence-electron chi connectivity index (χ3n) is 3.25. The molecule has 0 aliphatic carbocycles. The van der Waals surface area contributed by atoms with Crippen LogP contribution in [0.15, 0.2) is 18.3 Å². The number of ether oxygens (including phenoxy) is 2. The van der Waals surface area contributed by atoms with Crippen LogP contribution in [0, 0.1) is 0 Å². The highest BCUT2D eigenvalue weighted by Gasteiger charge is 2.43. The molecule has 162 valence electrons. The molecule has 1 rings (SSSR count). The number of carbonyl (C=O) groups is 3. The Kier molecular flexibility index (Phi) is 8.40. The first kappa shape index (κ1) is 24.2. The number of hydrogen-bond acceptors (Lipinski definition) is 6. The van der Waals surface area contributed by atoms with Gasteiger partial charge in [-0.3, -0.25) is 9.78 Å². The lowest BCUT2D eigenvalue weighted by atomic mass is 10.2. The van der Waals surface area contributed by atoms with E-state index in [1.807, 2.05) is 0 Å². The van der Waals surface area contributed by atoms with Gasteiger partial charge in [0, 0.05) is 12.7 Å². The normalized spacial score (nSPS) is 11.7. The van der Waals surface area contributed by atoms with Gasteiger partial charge < -0.3 is 14.4 Å². The van der Waals surface area contributed by atoms with Crippen LogP contribution in [0.3, 0.4) is 0 Å². The summed E-state index contributed by atoms with van der Waals surface area (Å²) in [7, 11) is 0. The maximum Gasteiger partial charge on any atom is 0.490 e. The fourth-order valence-electron chi connectivity index (χ4n) is 2.04. The molecule has 0 N–H and O–H groups in total. The number of carbonyl (C=O) groups excluding carboxylic acids is 3. The zero-order valence-electron chi connectivity index (χ0n) is 15.0. The lowest BCUT2D eigenvalue weighted by molar-refractivity contribution is -0.200. The van der Waals surface area contributed by atoms with E-state index in [9.17, 15) is 40.7 Å². The molecule has 7 nitrogen and oxygen atoms in total. The Bertz CT molecular complexity index is 735. The van der Waals surface area contributed by atoms with Gasteiger partial charge in [-0.05, 0) is 25.5 Å². The molecule has 0 unspecified atom stereocenters. The van der Waals surface area contributed by atoms with E-state index in [4.69, 9.17) is 4.74 Å². The number of hydrogen-bond donors (Lipinski definition) is 0. The van der Waals surface area contributed by atoms with Gasteiger partial charge in [0.1, 0.15) is 0 Å². The minimum absolute atomic E-state index is 0.00429. The van der Waals surface area contributed by atoms with E-state index < -0.39 is 56.3 Å². The number of alkyl halides is 6. The second-order valence-electron chi connectivity index (χ2n) is 5.47. The number of amides is 1. The average molecular weight is 430 g/mol. The largest absolute Gasteiger partial charge is 0.490 e. The van der Waals surface area contributed by atoms with E-state index in [0.717, 1.165) is 12.3 Å². The van der Waals surface area contributed by atoms with E-state index in [-0.39, 0.29) is 22.8 Å². The van der Waals surface area contributed by atoms with E-state index in [2.05, 4.69) is 9.72 Å². The molecule has 0 fully saturated rings. The number of halogens is 6. The quantitative estimate of drug-likeness (QED) is 0.358. The van der Waals surface area contributed by atoms with Gasteiger partial charge in [-0.15, -0.1) is 0 Å². The van der Waals surface area contributed by atoms with Crippen LogP contribution in [0.25, 0.3) is 0 Å². The lowest BCUT2D eigenvalue weighted by Crippen LogP contribution is -2.41. The summed E-state index contributed by atoms with van der Waals surface area (Å²) in [6, 6.07) is 2.38. The summed E-state index contributed by atoms with van der Waals surface area (Å²) in [6.45, 7) is -0.592. The molecule has 0 bridgehead atoms. The van der Waals surface area contributed by atoms with Crippen molar-refractivity contribution in [3.63, 3.8) is 0 Å². The van der Waals surface area contributed by atoms with Gasteiger partial charge in [-0.25, -0.2) is 9.59 Å². The summed E-state index contributed by atoms with van der Waals surface area (Å²) in [4.78, 5) is 37.9. The molecular formula is C16H16F6N2O5. The van der Waals surface area contributed by atoms with Crippen molar-refractivity contribution in [2.24, 2.45) is 0 Å². The molecule has 1 aromatic rings. The van der Waals surface area contributed by atoms with Crippen molar-refractivity contribution in [2.75, 3.05) is 19.8 Å². The van der Waals surface area contributed by atoms with Gasteiger partial charge in [-0.1, -0.05) is 0 Å². The van der Waals surface area contributed by atoms with Gasteiger partial charge in [0.25, 0.3) is 0 Å². The van der Waals surface area contributed by atoms with E-state index in [1.165, 1.54) is 6.07 Å². The highest BCUT2D eigenvalue weighted by atomic mass is 19.4. The Morgan fingerprint density at radius 2 is 1.72 bits per heavy atom. The summed E-state index contributed by atoms with van der Waals surface area (Å²) in [5.74, 6) is -5.50. The van der Waals surface area contributed by atoms with Crippen molar-refractivity contribution < 1.29 is 50.2 Å². The van der Waals surface area contributed by atoms with Crippen LogP contribution >= 0.6 is 0 Å². The van der Waals surface area contributed by atoms with Crippen molar-refractivity contribution in [1.82, 2.24) is 9.88 Å². The smallest absolute Gasteiger partial charge is 0.462 e. The molecule has 0 spiro atoms. The van der Waals surface area contributed by atoms with Gasteiger partial charge in [0.15, 0.2) is 0 Å². The average Bonchev–Trinajstić information content (AvgIpc) is 2.62. The molecule has 29 heavy (non-hydrogen) atoms. The van der Waals surface area contributed by atoms with Crippen molar-refractivity contribution in [2.45, 2.75) is 32.2 Å². The highest BCUT2D eigenvalue weighted by Crippen LogP contribution is 2.21. The molecule has 0 radical (unpaired) electrons. The molecule has 1 aromatic heterocycles. The van der Waals surface area contributed by atoms with E-state index in [0.29, 0.717) is 0 Å². The monoisotopic (exact) mass is 430 g/mol. The van der Waals surface area contributed by atoms with Gasteiger partial charge >= 0.3 is 30.2 Å². The molecule has 0 saturated heterocycles. The third-order valence-corrected chi connectivity index (χ3v) is 3.25. The highest BCUT2D eigenvalue weighted by molar-refractivity contribution is 5.89. The molecule has 13 heteroatoms. The lowest BCUT2D eigenvalue weighted by Gasteiger charge is -2.23. The molecule has 0 aromatic carbocycles. The summed E-state index contributed by atoms with van der Waals surface area (Å²) in [5.41, 5.74) is -0.0872. The van der Waals surface area contributed by atoms with Crippen molar-refractivity contribution in [3.8, 4) is 0 Å². The predicted molar refractivity (Wildman–Crippen MR) is 83.3 cm³/mol. The maximum absolute atomic E-state index is 12.8. The summed E-state index contributed by atoms with van der Waals surface area (Å²) in [6.07, 6.45) is -9.84. The minimum Gasteiger partial charge on any atom is -0.462 e. The molecular weight excluding hydrogens is 414 g/mol. The van der Waals surface area contributed by atoms with Crippen LogP contribution < -0.4 is 0 Å². The van der Waals surface area contributed by atoms with Gasteiger partial charge in [0.05, 0.1) is 31.0 Å². The number of nitrogens with zero attached hydrogens (tertiary/aromatic N) is 2. The molecule has 0 atom stereocenters. The number of esters is 2. The van der Waals surface area contributed by atoms with Crippen LogP contribution in [0.4, 0.5) is 26.3 Å². The minimum atomic E-state index is -5.25. The zero-order valence-corrected chi connectivity index (χ0v) is 15.0. The van der Waals surface area contributed by atoms with Crippen LogP contribution in [0.2, 0.25) is 0 Å². The van der Waals surface area contributed by atoms with Crippen LogP contribution in [0.1, 0.15) is 29.4 Å². The first-order valence-electron chi connectivity index (χ1n) is 8.08. The first-order chi connectivity index (χ1) is 13.4. The number of aromatic nitrogens is 1. The zero-order chi connectivity index (χ0) is 22.2. The molecule has 0 aliphatic heterocycles. The maximum atomic E-state index is 12.8. The summed E-state index contributed by atoms with van der Waals surface area (Å²) < 4.78 is 83.1. The topological polar surface area (TPSA) is 85.8 Å². The van der Waals surface area contributed by atoms with Gasteiger partial charge in [-0.2, -0.15) is 26.3 Å². The second kappa shape index (κ2) is 10.1. The Labute approximate surface area is 160 Å². The molecule has 1 heterocycles. The van der Waals surface area contributed by atoms with E-state index in [1.54, 1.807) is 6.92 Å². The van der Waals surface area contributed by atoms with Gasteiger partial charge in [0.2, 0.25) is 0 Å². The van der Waals surface area contributed by atoms with E-state index >= 15 is 0 Å². The fraction of sp³-hybridized carbons (Fsp3) is 0.500. The molecule has 0 saturated carbocycles. The number of rotatable bonds is 8. The fourth-order valence-corrected chi connectivity index (χ4v) is 2.04. The standard InChI is InChI=1S/C16H16F6N2O5/c1-2-28-12(25)10-4-5-23-11(8-10)9-24(13(26)15(17,18)19)6-3-7-29-14(27)16(20,21)22/h4-5,8H,2-3,6-7,9H2,1H3. The van der Waals surface area contributed by atoms with Crippen LogP contribution in [-0.2, 0) is 25.6 Å². The van der Waals surface area contributed by atoms with Crippen molar-refractivity contribution >= 4 is 17.8 Å². The summed E-state index contributed by atoms with van der Waals surface area (Å²) in [5, 5.41) is 0. The predicted octanol–water partition coefficient (Wildman–Crippen LogP) is 2.64. The van der Waals surface area contributed by atoms with Crippen LogP contribution in [0.5, 0.6) is 0 Å². The Balaban J connectivity index is 2.84. The SMILES string of the molecule is CCOC(=O)c1ccnc(CN(CCCOC(=O)C(F)(F)F)C(=O)C(F)(F)F)c1. The Hall–Kier alpha value is -2.86. The van der Waals surface area contributed by atoms with Crippen LogP contribution in [-0.4, -0.2) is 59.8 Å². The Morgan fingerprint density at radius 1 is 1.07 bits per heavy atom. The summed E-state index contributed by atoms with van der Waals surface area (Å²) >= 11 is 0. The number of pyridine rings is 1. The first-order valence-corrected chi connectivity index (χ1v) is 8.08. The van der Waals surface area contributed by atoms with Crippen molar-refractivity contribution in [3.05, 3.63) is 29.6 Å². The second-order valence-corrected chi connectivity index (χ2v) is 5.47. The third kappa shape index (κ3) is 7.95. The Morgan fingerprint density at radius 3 is 2.28 bits per heavy atom. The molecule has 1 amide bonds. The van der Waals surface area contributed by atoms with Crippen molar-refractivity contribution in [1.29, 1.82) is 0 Å². The molecule has 0 aliphatic rings.